The number of carboxylic acids is 1. The zero-order chi connectivity index (χ0) is 18.7. The predicted molar refractivity (Wildman–Crippen MR) is 96.2 cm³/mol. The number of hydrogen-bond donors (Lipinski definition) is 1. The van der Waals surface area contributed by atoms with Gasteiger partial charge in [-0.25, -0.2) is 4.79 Å². The maximum atomic E-state index is 11.0. The maximum Gasteiger partial charge on any atom is 0.335 e. The summed E-state index contributed by atoms with van der Waals surface area (Å²) in [4.78, 5) is 25.4. The van der Waals surface area contributed by atoms with E-state index in [1.165, 1.54) is 24.4 Å². The number of nitro benzene ring substituents is 1. The molecule has 0 amide bonds. The monoisotopic (exact) mass is 350 g/mol. The molecule has 130 valence electrons. The van der Waals surface area contributed by atoms with Crippen molar-refractivity contribution in [1.82, 2.24) is 0 Å². The van der Waals surface area contributed by atoms with Crippen molar-refractivity contribution in [2.24, 2.45) is 4.99 Å². The molecule has 1 aromatic heterocycles. The van der Waals surface area contributed by atoms with Crippen LogP contribution in [0.3, 0.4) is 0 Å². The summed E-state index contributed by atoms with van der Waals surface area (Å²) in [6.07, 6.45) is 1.52. The second-order valence-electron chi connectivity index (χ2n) is 5.57. The van der Waals surface area contributed by atoms with Crippen LogP contribution in [0.2, 0.25) is 0 Å². The van der Waals surface area contributed by atoms with Crippen LogP contribution in [-0.4, -0.2) is 22.2 Å². The standard InChI is InChI=1S/C19H14N2O5/c1-12-10-13(19(22)23)2-8-17(12)18-9-7-16(26-18)11-20-14-3-5-15(6-4-14)21(24)25/h2-11H,1H3,(H,22,23). The lowest BCUT2D eigenvalue weighted by molar-refractivity contribution is -0.384. The maximum absolute atomic E-state index is 11.0. The van der Waals surface area contributed by atoms with Crippen LogP contribution in [0.15, 0.2) is 64.0 Å². The van der Waals surface area contributed by atoms with Gasteiger partial charge in [0.25, 0.3) is 5.69 Å². The molecule has 1 N–H and O–H groups in total. The number of hydrogen-bond acceptors (Lipinski definition) is 5. The number of carbonyl (C=O) groups is 1. The van der Waals surface area contributed by atoms with Crippen LogP contribution in [0.5, 0.6) is 0 Å². The minimum atomic E-state index is -0.977. The molecule has 0 aliphatic carbocycles. The molecule has 2 aromatic carbocycles. The summed E-state index contributed by atoms with van der Waals surface area (Å²) in [6.45, 7) is 1.81. The Bertz CT molecular complexity index is 1000. The van der Waals surface area contributed by atoms with Gasteiger partial charge in [0, 0.05) is 17.7 Å². The minimum Gasteiger partial charge on any atom is -0.478 e. The van der Waals surface area contributed by atoms with E-state index in [0.717, 1.165) is 11.1 Å². The van der Waals surface area contributed by atoms with Gasteiger partial charge in [-0.1, -0.05) is 6.07 Å². The van der Waals surface area contributed by atoms with Crippen molar-refractivity contribution in [3.63, 3.8) is 0 Å². The third-order valence-electron chi connectivity index (χ3n) is 3.77. The Labute approximate surface area is 148 Å². The molecule has 1 heterocycles. The van der Waals surface area contributed by atoms with Gasteiger partial charge < -0.3 is 9.52 Å². The highest BCUT2D eigenvalue weighted by Crippen LogP contribution is 2.26. The third kappa shape index (κ3) is 3.67. The number of nitro groups is 1. The van der Waals surface area contributed by atoms with Crippen LogP contribution >= 0.6 is 0 Å². The number of aliphatic imine (C=N–C) groups is 1. The number of rotatable bonds is 5. The molecule has 3 rings (SSSR count). The van der Waals surface area contributed by atoms with E-state index in [2.05, 4.69) is 4.99 Å². The molecule has 0 aliphatic rings. The third-order valence-corrected chi connectivity index (χ3v) is 3.77. The molecule has 0 atom stereocenters. The van der Waals surface area contributed by atoms with Crippen LogP contribution in [0.1, 0.15) is 21.7 Å². The Morgan fingerprint density at radius 3 is 2.50 bits per heavy atom. The molecule has 0 bridgehead atoms. The number of furan rings is 1. The van der Waals surface area contributed by atoms with Crippen LogP contribution in [0, 0.1) is 17.0 Å². The SMILES string of the molecule is Cc1cc(C(=O)O)ccc1-c1ccc(C=Nc2ccc([N+](=O)[O-])cc2)o1. The number of nitrogens with zero attached hydrogens (tertiary/aromatic N) is 2. The fourth-order valence-electron chi connectivity index (χ4n) is 2.44. The van der Waals surface area contributed by atoms with Crippen LogP contribution in [-0.2, 0) is 0 Å². The summed E-state index contributed by atoms with van der Waals surface area (Å²) in [5.41, 5.74) is 2.38. The van der Waals surface area contributed by atoms with Gasteiger partial charge in [0.15, 0.2) is 0 Å². The van der Waals surface area contributed by atoms with Crippen molar-refractivity contribution in [2.45, 2.75) is 6.92 Å². The first kappa shape index (κ1) is 17.1. The van der Waals surface area contributed by atoms with Crippen molar-refractivity contribution in [2.75, 3.05) is 0 Å². The zero-order valence-electron chi connectivity index (χ0n) is 13.7. The van der Waals surface area contributed by atoms with E-state index >= 15 is 0 Å². The summed E-state index contributed by atoms with van der Waals surface area (Å²) in [5, 5.41) is 19.7. The second-order valence-corrected chi connectivity index (χ2v) is 5.57. The number of carboxylic acid groups (broad SMARTS) is 1. The Balaban J connectivity index is 1.79. The molecule has 0 spiro atoms. The molecule has 0 unspecified atom stereocenters. The number of benzene rings is 2. The Kier molecular flexibility index (Phi) is 4.62. The molecule has 7 heteroatoms. The molecule has 0 aliphatic heterocycles. The van der Waals surface area contributed by atoms with Crippen molar-refractivity contribution in [3.05, 3.63) is 81.6 Å². The summed E-state index contributed by atoms with van der Waals surface area (Å²) in [6, 6.07) is 14.2. The molecule has 0 fully saturated rings. The Morgan fingerprint density at radius 2 is 1.88 bits per heavy atom. The second kappa shape index (κ2) is 7.02. The van der Waals surface area contributed by atoms with Gasteiger partial charge in [-0.3, -0.25) is 15.1 Å². The van der Waals surface area contributed by atoms with Gasteiger partial charge in [-0.15, -0.1) is 0 Å². The molecular formula is C19H14N2O5. The Hall–Kier alpha value is -3.74. The number of aromatic carboxylic acids is 1. The average Bonchev–Trinajstić information content (AvgIpc) is 3.08. The van der Waals surface area contributed by atoms with E-state index in [1.54, 1.807) is 36.4 Å². The topological polar surface area (TPSA) is 106 Å². The molecule has 3 aromatic rings. The smallest absolute Gasteiger partial charge is 0.335 e. The van der Waals surface area contributed by atoms with Gasteiger partial charge >= 0.3 is 5.97 Å². The summed E-state index contributed by atoms with van der Waals surface area (Å²) < 4.78 is 5.73. The van der Waals surface area contributed by atoms with Crippen molar-refractivity contribution in [3.8, 4) is 11.3 Å². The highest BCUT2D eigenvalue weighted by atomic mass is 16.6. The first-order valence-electron chi connectivity index (χ1n) is 7.67. The van der Waals surface area contributed by atoms with E-state index in [9.17, 15) is 14.9 Å². The summed E-state index contributed by atoms with van der Waals surface area (Å²) in [7, 11) is 0. The van der Waals surface area contributed by atoms with E-state index in [0.29, 0.717) is 17.2 Å². The van der Waals surface area contributed by atoms with Gasteiger partial charge in [0.05, 0.1) is 22.4 Å². The van der Waals surface area contributed by atoms with E-state index in [-0.39, 0.29) is 11.3 Å². The highest BCUT2D eigenvalue weighted by Gasteiger charge is 2.10. The van der Waals surface area contributed by atoms with Gasteiger partial charge in [0.2, 0.25) is 0 Å². The molecule has 0 radical (unpaired) electrons. The summed E-state index contributed by atoms with van der Waals surface area (Å²) in [5.74, 6) is 0.139. The lowest BCUT2D eigenvalue weighted by Crippen LogP contribution is -1.96. The van der Waals surface area contributed by atoms with E-state index in [4.69, 9.17) is 9.52 Å². The summed E-state index contributed by atoms with van der Waals surface area (Å²) >= 11 is 0. The van der Waals surface area contributed by atoms with Crippen LogP contribution in [0.25, 0.3) is 11.3 Å². The first-order chi connectivity index (χ1) is 12.4. The van der Waals surface area contributed by atoms with Crippen molar-refractivity contribution >= 4 is 23.6 Å². The zero-order valence-corrected chi connectivity index (χ0v) is 13.7. The largest absolute Gasteiger partial charge is 0.478 e. The van der Waals surface area contributed by atoms with Crippen molar-refractivity contribution < 1.29 is 19.2 Å². The molecule has 0 saturated carbocycles. The molecule has 26 heavy (non-hydrogen) atoms. The van der Waals surface area contributed by atoms with Crippen molar-refractivity contribution in [1.29, 1.82) is 0 Å². The van der Waals surface area contributed by atoms with E-state index < -0.39 is 10.9 Å². The Morgan fingerprint density at radius 1 is 1.15 bits per heavy atom. The highest BCUT2D eigenvalue weighted by molar-refractivity contribution is 5.89. The van der Waals surface area contributed by atoms with Crippen LogP contribution < -0.4 is 0 Å². The number of non-ortho nitro benzene ring substituents is 1. The predicted octanol–water partition coefficient (Wildman–Crippen LogP) is 4.61. The van der Waals surface area contributed by atoms with Gasteiger partial charge in [0.1, 0.15) is 11.5 Å². The van der Waals surface area contributed by atoms with E-state index in [1.807, 2.05) is 6.92 Å². The lowest BCUT2D eigenvalue weighted by Gasteiger charge is -2.03. The van der Waals surface area contributed by atoms with Gasteiger partial charge in [-0.2, -0.15) is 0 Å². The normalized spacial score (nSPS) is 11.0. The molecular weight excluding hydrogens is 336 g/mol. The quantitative estimate of drug-likeness (QED) is 0.411. The molecule has 7 nitrogen and oxygen atoms in total. The lowest BCUT2D eigenvalue weighted by atomic mass is 10.0. The fraction of sp³-hybridized carbons (Fsp3) is 0.0526. The fourth-order valence-corrected chi connectivity index (χ4v) is 2.44. The molecule has 0 saturated heterocycles. The van der Waals surface area contributed by atoms with Crippen LogP contribution in [0.4, 0.5) is 11.4 Å². The first-order valence-corrected chi connectivity index (χ1v) is 7.67. The minimum absolute atomic E-state index is 0.00418. The van der Waals surface area contributed by atoms with Gasteiger partial charge in [-0.05, 0) is 48.9 Å². The average molecular weight is 350 g/mol. The number of aryl methyl sites for hydroxylation is 1.